The molecule has 1 aliphatic rings. The van der Waals surface area contributed by atoms with Crippen LogP contribution in [0.15, 0.2) is 11.2 Å². The van der Waals surface area contributed by atoms with Gasteiger partial charge >= 0.3 is 0 Å². The van der Waals surface area contributed by atoms with Crippen LogP contribution in [0.1, 0.15) is 39.3 Å². The van der Waals surface area contributed by atoms with E-state index in [4.69, 9.17) is 4.74 Å². The summed E-state index contributed by atoms with van der Waals surface area (Å²) in [6.07, 6.45) is 5.90. The second kappa shape index (κ2) is 5.61. The smallest absolute Gasteiger partial charge is 0.123 e. The van der Waals surface area contributed by atoms with E-state index in [0.717, 1.165) is 38.3 Å². The number of rotatable bonds is 5. The van der Waals surface area contributed by atoms with Crippen molar-refractivity contribution < 1.29 is 4.74 Å². The molecule has 2 rings (SSSR count). The Balaban J connectivity index is 1.93. The maximum Gasteiger partial charge on any atom is 0.123 e. The molecular formula is C13H22N4O. The largest absolute Gasteiger partial charge is 0.381 e. The number of nitrogens with zero attached hydrogens (tertiary/aromatic N) is 4. The predicted octanol–water partition coefficient (Wildman–Crippen LogP) is 1.92. The molecule has 100 valence electrons. The molecule has 5 nitrogen and oxygen atoms in total. The molecule has 0 amide bonds. The van der Waals surface area contributed by atoms with Crippen molar-refractivity contribution in [2.45, 2.75) is 45.7 Å². The number of aromatic nitrogens is 3. The molecule has 5 heteroatoms. The first-order chi connectivity index (χ1) is 8.59. The summed E-state index contributed by atoms with van der Waals surface area (Å²) in [5.74, 6) is 0.573. The van der Waals surface area contributed by atoms with Gasteiger partial charge in [0.2, 0.25) is 0 Å². The van der Waals surface area contributed by atoms with Crippen LogP contribution < -0.4 is 0 Å². The van der Waals surface area contributed by atoms with E-state index in [2.05, 4.69) is 36.1 Å². The molecule has 18 heavy (non-hydrogen) atoms. The molecule has 1 saturated heterocycles. The molecule has 0 aromatic carbocycles. The highest BCUT2D eigenvalue weighted by Crippen LogP contribution is 2.15. The van der Waals surface area contributed by atoms with Gasteiger partial charge in [0.1, 0.15) is 5.69 Å². The lowest BCUT2D eigenvalue weighted by molar-refractivity contribution is 0.181. The summed E-state index contributed by atoms with van der Waals surface area (Å²) in [4.78, 5) is 4.52. The maximum absolute atomic E-state index is 5.35. The van der Waals surface area contributed by atoms with Gasteiger partial charge in [-0.15, -0.1) is 5.10 Å². The minimum atomic E-state index is -0.0247. The normalized spacial score (nSPS) is 20.9. The van der Waals surface area contributed by atoms with Crippen molar-refractivity contribution in [3.8, 4) is 0 Å². The Hall–Kier alpha value is -1.23. The van der Waals surface area contributed by atoms with Gasteiger partial charge in [0.25, 0.3) is 0 Å². The van der Waals surface area contributed by atoms with Crippen molar-refractivity contribution in [2.24, 2.45) is 10.9 Å². The quantitative estimate of drug-likeness (QED) is 0.750. The average Bonchev–Trinajstić information content (AvgIpc) is 2.99. The predicted molar refractivity (Wildman–Crippen MR) is 70.9 cm³/mol. The second-order valence-electron chi connectivity index (χ2n) is 5.52. The van der Waals surface area contributed by atoms with Gasteiger partial charge in [0.05, 0.1) is 24.6 Å². The zero-order chi connectivity index (χ0) is 13.0. The highest BCUT2D eigenvalue weighted by atomic mass is 16.5. The van der Waals surface area contributed by atoms with E-state index < -0.39 is 0 Å². The lowest BCUT2D eigenvalue weighted by Crippen LogP contribution is -2.14. The van der Waals surface area contributed by atoms with Crippen LogP contribution in [0.2, 0.25) is 0 Å². The van der Waals surface area contributed by atoms with Crippen LogP contribution >= 0.6 is 0 Å². The third kappa shape index (κ3) is 3.63. The van der Waals surface area contributed by atoms with E-state index >= 15 is 0 Å². The lowest BCUT2D eigenvalue weighted by atomic mass is 10.0. The molecule has 1 aromatic rings. The molecule has 0 aliphatic carbocycles. The molecule has 0 radical (unpaired) electrons. The standard InChI is InChI=1S/C13H22N4O/c1-4-13(2,3)14-7-12-9-17(16-15-12)8-11-5-6-18-10-11/h7,9,11H,4-6,8,10H2,1-3H3/t11-/m1/s1. The van der Waals surface area contributed by atoms with Crippen molar-refractivity contribution in [2.75, 3.05) is 13.2 Å². The molecule has 1 fully saturated rings. The van der Waals surface area contributed by atoms with Gasteiger partial charge in [-0.05, 0) is 26.7 Å². The summed E-state index contributed by atoms with van der Waals surface area (Å²) < 4.78 is 7.24. The van der Waals surface area contributed by atoms with Crippen molar-refractivity contribution in [3.63, 3.8) is 0 Å². The molecule has 0 bridgehead atoms. The fourth-order valence-electron chi connectivity index (χ4n) is 1.79. The molecule has 0 saturated carbocycles. The van der Waals surface area contributed by atoms with Gasteiger partial charge in [0, 0.05) is 19.1 Å². The number of hydrogen-bond acceptors (Lipinski definition) is 4. The first-order valence-corrected chi connectivity index (χ1v) is 6.62. The first-order valence-electron chi connectivity index (χ1n) is 6.62. The maximum atomic E-state index is 5.35. The van der Waals surface area contributed by atoms with Crippen molar-refractivity contribution >= 4 is 6.21 Å². The van der Waals surface area contributed by atoms with Crippen molar-refractivity contribution in [3.05, 3.63) is 11.9 Å². The van der Waals surface area contributed by atoms with E-state index in [1.807, 2.05) is 17.1 Å². The number of ether oxygens (including phenoxy) is 1. The van der Waals surface area contributed by atoms with Crippen LogP contribution in [0.25, 0.3) is 0 Å². The Morgan fingerprint density at radius 2 is 2.44 bits per heavy atom. The Bertz CT molecular complexity index is 405. The molecule has 1 aromatic heterocycles. The van der Waals surface area contributed by atoms with Gasteiger partial charge in [-0.1, -0.05) is 12.1 Å². The summed E-state index contributed by atoms with van der Waals surface area (Å²) in [5.41, 5.74) is 0.804. The molecule has 0 unspecified atom stereocenters. The average molecular weight is 250 g/mol. The van der Waals surface area contributed by atoms with E-state index in [1.165, 1.54) is 0 Å². The first kappa shape index (κ1) is 13.2. The molecule has 2 heterocycles. The van der Waals surface area contributed by atoms with Gasteiger partial charge < -0.3 is 4.74 Å². The highest BCUT2D eigenvalue weighted by molar-refractivity contribution is 5.76. The van der Waals surface area contributed by atoms with E-state index in [-0.39, 0.29) is 5.54 Å². The number of hydrogen-bond donors (Lipinski definition) is 0. The summed E-state index contributed by atoms with van der Waals surface area (Å²) in [5, 5.41) is 8.24. The molecule has 1 atom stereocenters. The van der Waals surface area contributed by atoms with E-state index in [0.29, 0.717) is 5.92 Å². The summed E-state index contributed by atoms with van der Waals surface area (Å²) in [7, 11) is 0. The monoisotopic (exact) mass is 250 g/mol. The fourth-order valence-corrected chi connectivity index (χ4v) is 1.79. The van der Waals surface area contributed by atoms with E-state index in [1.54, 1.807) is 0 Å². The zero-order valence-electron chi connectivity index (χ0n) is 11.5. The third-order valence-electron chi connectivity index (χ3n) is 3.44. The van der Waals surface area contributed by atoms with Crippen molar-refractivity contribution in [1.29, 1.82) is 0 Å². The Morgan fingerprint density at radius 3 is 3.11 bits per heavy atom. The topological polar surface area (TPSA) is 52.3 Å². The lowest BCUT2D eigenvalue weighted by Gasteiger charge is -2.15. The highest BCUT2D eigenvalue weighted by Gasteiger charge is 2.17. The minimum absolute atomic E-state index is 0.0247. The van der Waals surface area contributed by atoms with Gasteiger partial charge in [-0.2, -0.15) is 0 Å². The second-order valence-corrected chi connectivity index (χ2v) is 5.52. The summed E-state index contributed by atoms with van der Waals surface area (Å²) >= 11 is 0. The molecular weight excluding hydrogens is 228 g/mol. The SMILES string of the molecule is CCC(C)(C)N=Cc1cn(C[C@H]2CCOC2)nn1. The third-order valence-corrected chi connectivity index (χ3v) is 3.44. The Kier molecular flexibility index (Phi) is 4.11. The number of aliphatic imine (C=N–C) groups is 1. The Morgan fingerprint density at radius 1 is 1.61 bits per heavy atom. The van der Waals surface area contributed by atoms with Crippen LogP contribution in [-0.4, -0.2) is 40.0 Å². The molecule has 1 aliphatic heterocycles. The fraction of sp³-hybridized carbons (Fsp3) is 0.769. The van der Waals surface area contributed by atoms with Gasteiger partial charge in [0.15, 0.2) is 0 Å². The van der Waals surface area contributed by atoms with Crippen molar-refractivity contribution in [1.82, 2.24) is 15.0 Å². The van der Waals surface area contributed by atoms with Gasteiger partial charge in [-0.25, -0.2) is 0 Å². The van der Waals surface area contributed by atoms with Crippen LogP contribution in [-0.2, 0) is 11.3 Å². The van der Waals surface area contributed by atoms with Gasteiger partial charge in [-0.3, -0.25) is 9.67 Å². The summed E-state index contributed by atoms with van der Waals surface area (Å²) in [6.45, 7) is 8.96. The van der Waals surface area contributed by atoms with Crippen LogP contribution in [0.4, 0.5) is 0 Å². The Labute approximate surface area is 108 Å². The van der Waals surface area contributed by atoms with Crippen LogP contribution in [0.5, 0.6) is 0 Å². The van der Waals surface area contributed by atoms with E-state index in [9.17, 15) is 0 Å². The van der Waals surface area contributed by atoms with Crippen LogP contribution in [0.3, 0.4) is 0 Å². The molecule has 0 spiro atoms. The molecule has 0 N–H and O–H groups in total. The minimum Gasteiger partial charge on any atom is -0.381 e. The zero-order valence-corrected chi connectivity index (χ0v) is 11.5. The van der Waals surface area contributed by atoms with Crippen LogP contribution in [0, 0.1) is 5.92 Å². The summed E-state index contributed by atoms with van der Waals surface area (Å²) in [6, 6.07) is 0.